The highest BCUT2D eigenvalue weighted by atomic mass is 16.5. The molecule has 0 unspecified atom stereocenters. The molecular weight excluding hydrogens is 244 g/mol. The van der Waals surface area contributed by atoms with Crippen LogP contribution in [0.3, 0.4) is 0 Å². The van der Waals surface area contributed by atoms with E-state index in [0.29, 0.717) is 12.4 Å². The van der Waals surface area contributed by atoms with Crippen LogP contribution in [0.15, 0.2) is 6.33 Å². The molecule has 0 bridgehead atoms. The minimum absolute atomic E-state index is 0.0860. The van der Waals surface area contributed by atoms with Crippen molar-refractivity contribution in [1.29, 1.82) is 0 Å². The van der Waals surface area contributed by atoms with Crippen LogP contribution < -0.4 is 10.6 Å². The van der Waals surface area contributed by atoms with Crippen LogP contribution in [-0.4, -0.2) is 47.5 Å². The fourth-order valence-electron chi connectivity index (χ4n) is 2.48. The average Bonchev–Trinajstić information content (AvgIpc) is 2.45. The molecule has 1 aliphatic rings. The van der Waals surface area contributed by atoms with Crippen molar-refractivity contribution in [2.45, 2.75) is 32.3 Å². The van der Waals surface area contributed by atoms with Crippen LogP contribution in [0.4, 0.5) is 11.6 Å². The lowest BCUT2D eigenvalue weighted by atomic mass is 10.1. The average molecular weight is 266 g/mol. The summed E-state index contributed by atoms with van der Waals surface area (Å²) in [6.45, 7) is 4.38. The van der Waals surface area contributed by atoms with Crippen molar-refractivity contribution >= 4 is 11.6 Å². The topological polar surface area (TPSA) is 84.5 Å². The molecule has 3 N–H and O–H groups in total. The van der Waals surface area contributed by atoms with E-state index in [0.717, 1.165) is 43.7 Å². The summed E-state index contributed by atoms with van der Waals surface area (Å²) >= 11 is 0. The van der Waals surface area contributed by atoms with Gasteiger partial charge in [0.1, 0.15) is 18.0 Å². The van der Waals surface area contributed by atoms with Crippen LogP contribution >= 0.6 is 0 Å². The molecule has 1 saturated heterocycles. The Kier molecular flexibility index (Phi) is 4.93. The van der Waals surface area contributed by atoms with Crippen LogP contribution in [0.1, 0.15) is 25.3 Å². The highest BCUT2D eigenvalue weighted by Gasteiger charge is 2.22. The van der Waals surface area contributed by atoms with Gasteiger partial charge in [-0.2, -0.15) is 0 Å². The standard InChI is InChI=1S/C13H22N4O2/c1-2-11-12(14)15-9-16-13(11)17-5-3-10(4-6-17)19-8-7-18/h9-10,18H,2-8H2,1H3,(H2,14,15,16). The number of hydrogen-bond donors (Lipinski definition) is 2. The molecule has 1 aromatic rings. The fourth-order valence-corrected chi connectivity index (χ4v) is 2.48. The number of hydrogen-bond acceptors (Lipinski definition) is 6. The van der Waals surface area contributed by atoms with Crippen LogP contribution in [0.5, 0.6) is 0 Å². The lowest BCUT2D eigenvalue weighted by Gasteiger charge is -2.33. The Morgan fingerprint density at radius 3 is 2.79 bits per heavy atom. The Bertz CT molecular complexity index is 406. The van der Waals surface area contributed by atoms with E-state index in [-0.39, 0.29) is 12.7 Å². The zero-order valence-electron chi connectivity index (χ0n) is 11.4. The molecule has 0 radical (unpaired) electrons. The van der Waals surface area contributed by atoms with Crippen LogP contribution in [0, 0.1) is 0 Å². The highest BCUT2D eigenvalue weighted by Crippen LogP contribution is 2.25. The van der Waals surface area contributed by atoms with Gasteiger partial charge in [-0.05, 0) is 19.3 Å². The van der Waals surface area contributed by atoms with Gasteiger partial charge in [-0.25, -0.2) is 9.97 Å². The van der Waals surface area contributed by atoms with Gasteiger partial charge in [-0.1, -0.05) is 6.92 Å². The van der Waals surface area contributed by atoms with Crippen molar-refractivity contribution in [2.24, 2.45) is 0 Å². The minimum Gasteiger partial charge on any atom is -0.394 e. The maximum Gasteiger partial charge on any atom is 0.137 e. The molecule has 0 aromatic carbocycles. The van der Waals surface area contributed by atoms with E-state index in [4.69, 9.17) is 15.6 Å². The predicted molar refractivity (Wildman–Crippen MR) is 74.1 cm³/mol. The summed E-state index contributed by atoms with van der Waals surface area (Å²) in [7, 11) is 0. The van der Waals surface area contributed by atoms with E-state index >= 15 is 0 Å². The summed E-state index contributed by atoms with van der Waals surface area (Å²) in [6.07, 6.45) is 4.51. The number of anilines is 2. The second-order valence-electron chi connectivity index (χ2n) is 4.70. The van der Waals surface area contributed by atoms with Gasteiger partial charge in [0.05, 0.1) is 19.3 Å². The molecule has 0 saturated carbocycles. The zero-order chi connectivity index (χ0) is 13.7. The third kappa shape index (κ3) is 3.33. The van der Waals surface area contributed by atoms with Crippen LogP contribution in [0.2, 0.25) is 0 Å². The number of aliphatic hydroxyl groups is 1. The molecule has 19 heavy (non-hydrogen) atoms. The molecule has 0 amide bonds. The molecule has 0 aliphatic carbocycles. The molecule has 1 aromatic heterocycles. The Labute approximate surface area is 113 Å². The highest BCUT2D eigenvalue weighted by molar-refractivity contribution is 5.56. The van der Waals surface area contributed by atoms with Crippen molar-refractivity contribution in [3.05, 3.63) is 11.9 Å². The van der Waals surface area contributed by atoms with Crippen molar-refractivity contribution < 1.29 is 9.84 Å². The quantitative estimate of drug-likeness (QED) is 0.812. The summed E-state index contributed by atoms with van der Waals surface area (Å²) in [6, 6.07) is 0. The van der Waals surface area contributed by atoms with E-state index in [2.05, 4.69) is 21.8 Å². The van der Waals surface area contributed by atoms with Gasteiger partial charge in [0.15, 0.2) is 0 Å². The molecular formula is C13H22N4O2. The Balaban J connectivity index is 1.99. The molecule has 1 fully saturated rings. The van der Waals surface area contributed by atoms with E-state index < -0.39 is 0 Å². The third-order valence-electron chi connectivity index (χ3n) is 3.50. The monoisotopic (exact) mass is 266 g/mol. The number of piperidine rings is 1. The summed E-state index contributed by atoms with van der Waals surface area (Å²) in [5.41, 5.74) is 6.93. The molecule has 0 spiro atoms. The molecule has 2 heterocycles. The summed E-state index contributed by atoms with van der Waals surface area (Å²) in [5.74, 6) is 1.53. The van der Waals surface area contributed by atoms with E-state index in [9.17, 15) is 0 Å². The predicted octanol–water partition coefficient (Wildman–Crippen LogP) is 0.599. The molecule has 6 nitrogen and oxygen atoms in total. The lowest BCUT2D eigenvalue weighted by molar-refractivity contribution is 0.0158. The van der Waals surface area contributed by atoms with Gasteiger partial charge in [0.25, 0.3) is 0 Å². The zero-order valence-corrected chi connectivity index (χ0v) is 11.4. The Hall–Kier alpha value is -1.40. The van der Waals surface area contributed by atoms with Crippen LogP contribution in [-0.2, 0) is 11.2 Å². The van der Waals surface area contributed by atoms with Gasteiger partial charge < -0.3 is 20.5 Å². The van der Waals surface area contributed by atoms with Gasteiger partial charge in [0, 0.05) is 18.7 Å². The Morgan fingerprint density at radius 2 is 2.16 bits per heavy atom. The molecule has 0 atom stereocenters. The summed E-state index contributed by atoms with van der Waals surface area (Å²) < 4.78 is 5.56. The first kappa shape index (κ1) is 14.0. The maximum absolute atomic E-state index is 8.76. The smallest absolute Gasteiger partial charge is 0.137 e. The molecule has 2 rings (SSSR count). The van der Waals surface area contributed by atoms with Crippen molar-refractivity contribution in [3.8, 4) is 0 Å². The van der Waals surface area contributed by atoms with E-state index in [1.165, 1.54) is 6.33 Å². The molecule has 106 valence electrons. The normalized spacial score (nSPS) is 16.8. The van der Waals surface area contributed by atoms with Crippen molar-refractivity contribution in [1.82, 2.24) is 9.97 Å². The van der Waals surface area contributed by atoms with Crippen LogP contribution in [0.25, 0.3) is 0 Å². The summed E-state index contributed by atoms with van der Waals surface area (Å²) in [5, 5.41) is 8.76. The largest absolute Gasteiger partial charge is 0.394 e. The number of nitrogen functional groups attached to an aromatic ring is 1. The van der Waals surface area contributed by atoms with Crippen molar-refractivity contribution in [2.75, 3.05) is 36.9 Å². The maximum atomic E-state index is 8.76. The van der Waals surface area contributed by atoms with E-state index in [1.54, 1.807) is 0 Å². The SMILES string of the molecule is CCc1c(N)ncnc1N1CCC(OCCO)CC1. The van der Waals surface area contributed by atoms with Gasteiger partial charge >= 0.3 is 0 Å². The number of aliphatic hydroxyl groups excluding tert-OH is 1. The molecule has 1 aliphatic heterocycles. The lowest BCUT2D eigenvalue weighted by Crippen LogP contribution is -2.38. The fraction of sp³-hybridized carbons (Fsp3) is 0.692. The second kappa shape index (κ2) is 6.68. The first-order valence-corrected chi connectivity index (χ1v) is 6.83. The van der Waals surface area contributed by atoms with Crippen molar-refractivity contribution in [3.63, 3.8) is 0 Å². The van der Waals surface area contributed by atoms with Gasteiger partial charge in [-0.3, -0.25) is 0 Å². The van der Waals surface area contributed by atoms with Gasteiger partial charge in [0.2, 0.25) is 0 Å². The second-order valence-corrected chi connectivity index (χ2v) is 4.70. The third-order valence-corrected chi connectivity index (χ3v) is 3.50. The first-order valence-electron chi connectivity index (χ1n) is 6.83. The minimum atomic E-state index is 0.0860. The number of aromatic nitrogens is 2. The Morgan fingerprint density at radius 1 is 1.42 bits per heavy atom. The van der Waals surface area contributed by atoms with Gasteiger partial charge in [-0.15, -0.1) is 0 Å². The van der Waals surface area contributed by atoms with E-state index in [1.807, 2.05) is 0 Å². The number of ether oxygens (including phenoxy) is 1. The number of nitrogens with zero attached hydrogens (tertiary/aromatic N) is 3. The molecule has 6 heteroatoms. The summed E-state index contributed by atoms with van der Waals surface area (Å²) in [4.78, 5) is 10.7. The number of rotatable bonds is 5. The first-order chi connectivity index (χ1) is 9.26. The number of nitrogens with two attached hydrogens (primary N) is 1.